The Kier molecular flexibility index (Phi) is 7.06. The predicted molar refractivity (Wildman–Crippen MR) is 76.8 cm³/mol. The molecule has 104 valence electrons. The molecule has 0 radical (unpaired) electrons. The summed E-state index contributed by atoms with van der Waals surface area (Å²) >= 11 is 0. The van der Waals surface area contributed by atoms with Gasteiger partial charge >= 0.3 is 0 Å². The van der Waals surface area contributed by atoms with E-state index in [4.69, 9.17) is 4.74 Å². The lowest BCUT2D eigenvalue weighted by atomic mass is 10.1. The summed E-state index contributed by atoms with van der Waals surface area (Å²) in [7, 11) is 1.75. The highest BCUT2D eigenvalue weighted by Gasteiger charge is 2.07. The number of hydrogen-bond acceptors (Lipinski definition) is 2. The largest absolute Gasteiger partial charge is 0.385 e. The van der Waals surface area contributed by atoms with Crippen LogP contribution in [0.5, 0.6) is 0 Å². The molecular formula is C15H28N2O. The van der Waals surface area contributed by atoms with Crippen molar-refractivity contribution < 1.29 is 4.74 Å². The van der Waals surface area contributed by atoms with Gasteiger partial charge in [0.15, 0.2) is 0 Å². The second-order valence-electron chi connectivity index (χ2n) is 5.18. The van der Waals surface area contributed by atoms with E-state index in [9.17, 15) is 0 Å². The van der Waals surface area contributed by atoms with Gasteiger partial charge < -0.3 is 14.6 Å². The van der Waals surface area contributed by atoms with Crippen molar-refractivity contribution in [2.24, 2.45) is 5.92 Å². The third-order valence-electron chi connectivity index (χ3n) is 3.10. The third-order valence-corrected chi connectivity index (χ3v) is 3.10. The molecule has 3 heteroatoms. The Morgan fingerprint density at radius 1 is 1.28 bits per heavy atom. The Bertz CT molecular complexity index is 331. The van der Waals surface area contributed by atoms with Gasteiger partial charge in [0, 0.05) is 38.2 Å². The summed E-state index contributed by atoms with van der Waals surface area (Å²) in [5, 5.41) is 3.48. The maximum Gasteiger partial charge on any atom is 0.0474 e. The molecule has 0 aliphatic rings. The van der Waals surface area contributed by atoms with Crippen molar-refractivity contribution in [3.05, 3.63) is 23.5 Å². The molecule has 0 amide bonds. The van der Waals surface area contributed by atoms with Gasteiger partial charge in [0.1, 0.15) is 0 Å². The fraction of sp³-hybridized carbons (Fsp3) is 0.733. The van der Waals surface area contributed by atoms with Crippen molar-refractivity contribution in [1.29, 1.82) is 0 Å². The Hall–Kier alpha value is -0.800. The highest BCUT2D eigenvalue weighted by Crippen LogP contribution is 2.13. The van der Waals surface area contributed by atoms with E-state index < -0.39 is 0 Å². The predicted octanol–water partition coefficient (Wildman–Crippen LogP) is 2.83. The van der Waals surface area contributed by atoms with Gasteiger partial charge in [-0.3, -0.25) is 0 Å². The van der Waals surface area contributed by atoms with E-state index in [1.807, 2.05) is 0 Å². The van der Waals surface area contributed by atoms with Gasteiger partial charge in [-0.05, 0) is 44.4 Å². The molecule has 0 fully saturated rings. The summed E-state index contributed by atoms with van der Waals surface area (Å²) in [6.45, 7) is 10.6. The van der Waals surface area contributed by atoms with Gasteiger partial charge in [-0.25, -0.2) is 0 Å². The molecule has 1 aromatic heterocycles. The van der Waals surface area contributed by atoms with E-state index in [1.165, 1.54) is 11.4 Å². The smallest absolute Gasteiger partial charge is 0.0474 e. The lowest BCUT2D eigenvalue weighted by Crippen LogP contribution is -2.19. The van der Waals surface area contributed by atoms with Gasteiger partial charge in [-0.15, -0.1) is 0 Å². The molecule has 18 heavy (non-hydrogen) atoms. The molecule has 0 aliphatic carbocycles. The molecule has 0 saturated heterocycles. The number of hydrogen-bond donors (Lipinski definition) is 1. The second kappa shape index (κ2) is 8.33. The van der Waals surface area contributed by atoms with E-state index in [0.717, 1.165) is 39.1 Å². The van der Waals surface area contributed by atoms with Crippen molar-refractivity contribution in [3.8, 4) is 0 Å². The zero-order valence-corrected chi connectivity index (χ0v) is 12.3. The molecule has 0 atom stereocenters. The first-order valence-corrected chi connectivity index (χ1v) is 7.06. The number of rotatable bonds is 9. The average Bonchev–Trinajstić information content (AvgIpc) is 2.70. The average molecular weight is 252 g/mol. The minimum absolute atomic E-state index is 0.715. The van der Waals surface area contributed by atoms with Crippen LogP contribution in [0.15, 0.2) is 12.1 Å². The maximum atomic E-state index is 5.04. The number of aromatic nitrogens is 1. The quantitative estimate of drug-likeness (QED) is 0.684. The Morgan fingerprint density at radius 2 is 2.00 bits per heavy atom. The van der Waals surface area contributed by atoms with Crippen LogP contribution in [0.1, 0.15) is 38.6 Å². The normalized spacial score (nSPS) is 11.4. The summed E-state index contributed by atoms with van der Waals surface area (Å²) in [5.74, 6) is 0.715. The fourth-order valence-corrected chi connectivity index (χ4v) is 2.27. The molecule has 0 unspecified atom stereocenters. The van der Waals surface area contributed by atoms with Crippen LogP contribution in [-0.2, 0) is 24.2 Å². The summed E-state index contributed by atoms with van der Waals surface area (Å²) < 4.78 is 7.48. The highest BCUT2D eigenvalue weighted by molar-refractivity contribution is 5.17. The summed E-state index contributed by atoms with van der Waals surface area (Å²) in [6, 6.07) is 4.53. The maximum absolute atomic E-state index is 5.04. The minimum atomic E-state index is 0.715. The van der Waals surface area contributed by atoms with E-state index in [0.29, 0.717) is 5.92 Å². The van der Waals surface area contributed by atoms with E-state index in [-0.39, 0.29) is 0 Å². The monoisotopic (exact) mass is 252 g/mol. The number of nitrogens with one attached hydrogen (secondary N) is 1. The van der Waals surface area contributed by atoms with Crippen LogP contribution in [0.2, 0.25) is 0 Å². The lowest BCUT2D eigenvalue weighted by Gasteiger charge is -2.13. The van der Waals surface area contributed by atoms with Crippen molar-refractivity contribution in [1.82, 2.24) is 9.88 Å². The van der Waals surface area contributed by atoms with Crippen LogP contribution in [-0.4, -0.2) is 24.8 Å². The van der Waals surface area contributed by atoms with Crippen molar-refractivity contribution in [2.75, 3.05) is 20.3 Å². The molecule has 1 rings (SSSR count). The first-order chi connectivity index (χ1) is 8.69. The molecule has 0 bridgehead atoms. The summed E-state index contributed by atoms with van der Waals surface area (Å²) in [4.78, 5) is 0. The molecule has 0 saturated carbocycles. The Labute approximate surface area is 112 Å². The minimum Gasteiger partial charge on any atom is -0.385 e. The van der Waals surface area contributed by atoms with Crippen LogP contribution in [0.25, 0.3) is 0 Å². The zero-order valence-electron chi connectivity index (χ0n) is 12.3. The van der Waals surface area contributed by atoms with Gasteiger partial charge in [0.05, 0.1) is 0 Å². The van der Waals surface area contributed by atoms with Crippen molar-refractivity contribution >= 4 is 0 Å². The number of methoxy groups -OCH3 is 1. The summed E-state index contributed by atoms with van der Waals surface area (Å²) in [6.07, 6.45) is 2.24. The molecule has 0 aliphatic heterocycles. The van der Waals surface area contributed by atoms with Crippen molar-refractivity contribution in [2.45, 2.75) is 46.7 Å². The molecule has 0 spiro atoms. The van der Waals surface area contributed by atoms with Crippen molar-refractivity contribution in [3.63, 3.8) is 0 Å². The Morgan fingerprint density at radius 3 is 2.61 bits per heavy atom. The Balaban J connectivity index is 2.47. The molecule has 1 aromatic rings. The molecule has 1 N–H and O–H groups in total. The van der Waals surface area contributed by atoms with Crippen LogP contribution in [0, 0.1) is 5.92 Å². The number of nitrogens with zero attached hydrogens (tertiary/aromatic N) is 1. The van der Waals surface area contributed by atoms with E-state index in [1.54, 1.807) is 7.11 Å². The summed E-state index contributed by atoms with van der Waals surface area (Å²) in [5.41, 5.74) is 2.85. The topological polar surface area (TPSA) is 26.2 Å². The van der Waals surface area contributed by atoms with Gasteiger partial charge in [0.2, 0.25) is 0 Å². The van der Waals surface area contributed by atoms with E-state index >= 15 is 0 Å². The molecular weight excluding hydrogens is 224 g/mol. The fourth-order valence-electron chi connectivity index (χ4n) is 2.27. The van der Waals surface area contributed by atoms with Gasteiger partial charge in [0.25, 0.3) is 0 Å². The van der Waals surface area contributed by atoms with Gasteiger partial charge in [-0.2, -0.15) is 0 Å². The van der Waals surface area contributed by atoms with Crippen LogP contribution in [0.3, 0.4) is 0 Å². The molecule has 0 aromatic carbocycles. The zero-order chi connectivity index (χ0) is 13.4. The van der Waals surface area contributed by atoms with Crippen LogP contribution >= 0.6 is 0 Å². The second-order valence-corrected chi connectivity index (χ2v) is 5.18. The number of ether oxygens (including phenoxy) is 1. The molecule has 1 heterocycles. The van der Waals surface area contributed by atoms with Gasteiger partial charge in [-0.1, -0.05) is 13.8 Å². The molecule has 3 nitrogen and oxygen atoms in total. The van der Waals surface area contributed by atoms with Crippen LogP contribution in [0.4, 0.5) is 0 Å². The first kappa shape index (κ1) is 15.3. The third kappa shape index (κ3) is 4.83. The van der Waals surface area contributed by atoms with E-state index in [2.05, 4.69) is 42.8 Å². The van der Waals surface area contributed by atoms with Crippen LogP contribution < -0.4 is 5.32 Å². The standard InChI is InChI=1S/C15H28N2O/c1-5-17-14(11-13(2)3)7-8-15(17)12-16-9-6-10-18-4/h7-8,13,16H,5-6,9-12H2,1-4H3. The lowest BCUT2D eigenvalue weighted by molar-refractivity contribution is 0.194. The first-order valence-electron chi connectivity index (χ1n) is 7.06. The highest BCUT2D eigenvalue weighted by atomic mass is 16.5. The SMILES string of the molecule is CCn1c(CNCCCOC)ccc1CC(C)C.